The van der Waals surface area contributed by atoms with Gasteiger partial charge < -0.3 is 5.73 Å². The third kappa shape index (κ3) is 1.01. The van der Waals surface area contributed by atoms with Crippen molar-refractivity contribution in [2.45, 2.75) is 11.8 Å². The topological polar surface area (TPSA) is 26.0 Å². The van der Waals surface area contributed by atoms with E-state index in [0.29, 0.717) is 0 Å². The van der Waals surface area contributed by atoms with Crippen molar-refractivity contribution in [1.29, 1.82) is 0 Å². The number of nitrogen functional groups attached to an aromatic ring is 1. The van der Waals surface area contributed by atoms with Crippen LogP contribution in [0.15, 0.2) is 22.4 Å². The zero-order valence-corrected chi connectivity index (χ0v) is 8.38. The number of nitrogens with two attached hydrogens (primary N) is 1. The molecule has 0 bridgehead atoms. The van der Waals surface area contributed by atoms with Gasteiger partial charge in [-0.2, -0.15) is 0 Å². The molecular weight excluding hydrogens is 186 g/mol. The zero-order valence-electron chi connectivity index (χ0n) is 6.66. The van der Waals surface area contributed by atoms with Gasteiger partial charge in [-0.15, -0.1) is 24.0 Å². The highest BCUT2D eigenvalue weighted by atomic mass is 32.1. The molecule has 1 heterocycles. The van der Waals surface area contributed by atoms with E-state index in [9.17, 15) is 0 Å². The van der Waals surface area contributed by atoms with E-state index in [1.807, 2.05) is 6.07 Å². The van der Waals surface area contributed by atoms with Gasteiger partial charge >= 0.3 is 0 Å². The standard InChI is InChI=1S/C9H9NS2/c1-5-8(11)4-7(10)6-2-3-12-9(5)6/h2-4,11H,10H2,1H3. The molecule has 1 aromatic heterocycles. The van der Waals surface area contributed by atoms with Gasteiger partial charge in [0.25, 0.3) is 0 Å². The molecule has 12 heavy (non-hydrogen) atoms. The van der Waals surface area contributed by atoms with Gasteiger partial charge in [0.2, 0.25) is 0 Å². The van der Waals surface area contributed by atoms with Crippen LogP contribution in [0.2, 0.25) is 0 Å². The maximum absolute atomic E-state index is 5.83. The number of thiophene rings is 1. The normalized spacial score (nSPS) is 10.8. The molecule has 0 saturated carbocycles. The molecule has 3 heteroatoms. The fourth-order valence-corrected chi connectivity index (χ4v) is 2.54. The van der Waals surface area contributed by atoms with Crippen LogP contribution in [-0.4, -0.2) is 0 Å². The smallest absolute Gasteiger partial charge is 0.0413 e. The quantitative estimate of drug-likeness (QED) is 0.490. The van der Waals surface area contributed by atoms with Crippen molar-refractivity contribution < 1.29 is 0 Å². The van der Waals surface area contributed by atoms with Crippen molar-refractivity contribution in [3.8, 4) is 0 Å². The first-order valence-corrected chi connectivity index (χ1v) is 4.98. The molecule has 0 fully saturated rings. The lowest BCUT2D eigenvalue weighted by Gasteiger charge is -2.03. The van der Waals surface area contributed by atoms with Crippen molar-refractivity contribution in [2.24, 2.45) is 0 Å². The van der Waals surface area contributed by atoms with Gasteiger partial charge in [0.05, 0.1) is 0 Å². The zero-order chi connectivity index (χ0) is 8.72. The van der Waals surface area contributed by atoms with Crippen LogP contribution in [0.4, 0.5) is 5.69 Å². The maximum Gasteiger partial charge on any atom is 0.0413 e. The van der Waals surface area contributed by atoms with Crippen LogP contribution >= 0.6 is 24.0 Å². The van der Waals surface area contributed by atoms with Crippen LogP contribution in [-0.2, 0) is 0 Å². The monoisotopic (exact) mass is 195 g/mol. The summed E-state index contributed by atoms with van der Waals surface area (Å²) < 4.78 is 1.25. The number of anilines is 1. The number of thiol groups is 1. The summed E-state index contributed by atoms with van der Waals surface area (Å²) in [4.78, 5) is 0.974. The molecule has 0 unspecified atom stereocenters. The molecule has 2 aromatic rings. The van der Waals surface area contributed by atoms with E-state index in [0.717, 1.165) is 16.0 Å². The Balaban J connectivity index is 2.97. The minimum Gasteiger partial charge on any atom is -0.398 e. The maximum atomic E-state index is 5.83. The van der Waals surface area contributed by atoms with Crippen LogP contribution in [0.5, 0.6) is 0 Å². The highest BCUT2D eigenvalue weighted by Gasteiger charge is 2.05. The van der Waals surface area contributed by atoms with Gasteiger partial charge in [-0.1, -0.05) is 0 Å². The van der Waals surface area contributed by atoms with E-state index < -0.39 is 0 Å². The predicted octanol–water partition coefficient (Wildman–Crippen LogP) is 3.08. The summed E-state index contributed by atoms with van der Waals surface area (Å²) in [6.45, 7) is 2.07. The van der Waals surface area contributed by atoms with E-state index in [-0.39, 0.29) is 0 Å². The molecule has 2 rings (SSSR count). The lowest BCUT2D eigenvalue weighted by atomic mass is 10.1. The second kappa shape index (κ2) is 2.68. The summed E-state index contributed by atoms with van der Waals surface area (Å²) in [5, 5.41) is 3.21. The third-order valence-corrected chi connectivity index (χ3v) is 3.49. The Kier molecular flexibility index (Phi) is 1.77. The van der Waals surface area contributed by atoms with Crippen molar-refractivity contribution in [1.82, 2.24) is 0 Å². The van der Waals surface area contributed by atoms with Crippen LogP contribution in [0, 0.1) is 6.92 Å². The Hall–Kier alpha value is -0.670. The first kappa shape index (κ1) is 7.95. The number of rotatable bonds is 0. The van der Waals surface area contributed by atoms with Crippen LogP contribution in [0.3, 0.4) is 0 Å². The van der Waals surface area contributed by atoms with Crippen LogP contribution in [0.1, 0.15) is 5.56 Å². The molecule has 62 valence electrons. The number of hydrogen-bond donors (Lipinski definition) is 2. The Morgan fingerprint density at radius 1 is 1.50 bits per heavy atom. The predicted molar refractivity (Wildman–Crippen MR) is 58.2 cm³/mol. The average molecular weight is 195 g/mol. The van der Waals surface area contributed by atoms with E-state index in [2.05, 4.69) is 31.0 Å². The summed E-state index contributed by atoms with van der Waals surface area (Å²) in [5.74, 6) is 0. The Bertz CT molecular complexity index is 431. The second-order valence-corrected chi connectivity index (χ2v) is 4.17. The van der Waals surface area contributed by atoms with E-state index in [1.165, 1.54) is 10.3 Å². The fourth-order valence-electron chi connectivity index (χ4n) is 1.28. The Morgan fingerprint density at radius 3 is 3.00 bits per heavy atom. The molecule has 0 radical (unpaired) electrons. The molecule has 1 aromatic carbocycles. The first-order chi connectivity index (χ1) is 5.70. The van der Waals surface area contributed by atoms with Gasteiger partial charge in [-0.3, -0.25) is 0 Å². The van der Waals surface area contributed by atoms with Crippen molar-refractivity contribution in [3.05, 3.63) is 23.1 Å². The molecule has 1 nitrogen and oxygen atoms in total. The molecule has 0 aliphatic rings. The van der Waals surface area contributed by atoms with Gasteiger partial charge in [0.15, 0.2) is 0 Å². The Labute approximate surface area is 80.6 Å². The molecule has 0 spiro atoms. The van der Waals surface area contributed by atoms with Gasteiger partial charge in [-0.05, 0) is 30.0 Å². The fraction of sp³-hybridized carbons (Fsp3) is 0.111. The van der Waals surface area contributed by atoms with Crippen LogP contribution < -0.4 is 5.73 Å². The first-order valence-electron chi connectivity index (χ1n) is 3.65. The number of fused-ring (bicyclic) bond motifs is 1. The van der Waals surface area contributed by atoms with E-state index in [4.69, 9.17) is 5.73 Å². The SMILES string of the molecule is Cc1c(S)cc(N)c2ccsc12. The largest absolute Gasteiger partial charge is 0.398 e. The van der Waals surface area contributed by atoms with Crippen molar-refractivity contribution in [2.75, 3.05) is 5.73 Å². The number of aryl methyl sites for hydroxylation is 1. The van der Waals surface area contributed by atoms with Gasteiger partial charge in [-0.25, -0.2) is 0 Å². The minimum atomic E-state index is 0.821. The third-order valence-electron chi connectivity index (χ3n) is 1.99. The van der Waals surface area contributed by atoms with E-state index >= 15 is 0 Å². The summed E-state index contributed by atoms with van der Waals surface area (Å²) in [6.07, 6.45) is 0. The highest BCUT2D eigenvalue weighted by molar-refractivity contribution is 7.80. The second-order valence-electron chi connectivity index (χ2n) is 2.77. The number of benzene rings is 1. The van der Waals surface area contributed by atoms with E-state index in [1.54, 1.807) is 11.3 Å². The lowest BCUT2D eigenvalue weighted by molar-refractivity contribution is 1.37. The molecular formula is C9H9NS2. The highest BCUT2D eigenvalue weighted by Crippen LogP contribution is 2.33. The van der Waals surface area contributed by atoms with Crippen molar-refractivity contribution >= 4 is 39.7 Å². The molecule has 0 amide bonds. The van der Waals surface area contributed by atoms with Gasteiger partial charge in [0.1, 0.15) is 0 Å². The average Bonchev–Trinajstić information content (AvgIpc) is 2.48. The molecule has 0 aliphatic carbocycles. The van der Waals surface area contributed by atoms with Crippen molar-refractivity contribution in [3.63, 3.8) is 0 Å². The molecule has 0 saturated heterocycles. The summed E-state index contributed by atoms with van der Waals surface area (Å²) in [6, 6.07) is 3.96. The summed E-state index contributed by atoms with van der Waals surface area (Å²) in [7, 11) is 0. The number of hydrogen-bond acceptors (Lipinski definition) is 3. The molecule has 2 N–H and O–H groups in total. The lowest BCUT2D eigenvalue weighted by Crippen LogP contribution is -1.87. The molecule has 0 aliphatic heterocycles. The Morgan fingerprint density at radius 2 is 2.25 bits per heavy atom. The summed E-state index contributed by atoms with van der Waals surface area (Å²) >= 11 is 6.06. The minimum absolute atomic E-state index is 0.821. The van der Waals surface area contributed by atoms with Crippen LogP contribution in [0.25, 0.3) is 10.1 Å². The van der Waals surface area contributed by atoms with Gasteiger partial charge in [0, 0.05) is 20.7 Å². The molecule has 0 atom stereocenters. The summed E-state index contributed by atoms with van der Waals surface area (Å²) in [5.41, 5.74) is 7.87.